The predicted molar refractivity (Wildman–Crippen MR) is 54.3 cm³/mol. The van der Waals surface area contributed by atoms with Crippen LogP contribution in [0, 0.1) is 0 Å². The lowest BCUT2D eigenvalue weighted by molar-refractivity contribution is -0.134. The van der Waals surface area contributed by atoms with E-state index >= 15 is 0 Å². The van der Waals surface area contributed by atoms with Gasteiger partial charge in [0.25, 0.3) is 5.97 Å². The van der Waals surface area contributed by atoms with Crippen LogP contribution >= 0.6 is 0 Å². The van der Waals surface area contributed by atoms with Gasteiger partial charge in [-0.2, -0.15) is 5.48 Å². The van der Waals surface area contributed by atoms with Crippen LogP contribution in [0.2, 0.25) is 0 Å². The third-order valence-electron chi connectivity index (χ3n) is 2.34. The monoisotopic (exact) mass is 218 g/mol. The van der Waals surface area contributed by atoms with Crippen LogP contribution in [0.4, 0.5) is 0 Å². The quantitative estimate of drug-likeness (QED) is 0.391. The standard InChI is InChI=1S/C7H14N2O2.C2H4O2/c1-7(9-11)5-3-2-4-6(7)8-10;1-2(3)4/h9-11H,2-5H2,1H3;1H3,(H,3,4). The fourth-order valence-electron chi connectivity index (χ4n) is 1.47. The smallest absolute Gasteiger partial charge is 0.300 e. The van der Waals surface area contributed by atoms with Crippen molar-refractivity contribution in [1.29, 1.82) is 0 Å². The summed E-state index contributed by atoms with van der Waals surface area (Å²) >= 11 is 0. The Kier molecular flexibility index (Phi) is 5.88. The Morgan fingerprint density at radius 1 is 1.53 bits per heavy atom. The third-order valence-corrected chi connectivity index (χ3v) is 2.34. The molecule has 0 aromatic heterocycles. The molecule has 1 aliphatic carbocycles. The molecule has 1 fully saturated rings. The molecule has 4 N–H and O–H groups in total. The summed E-state index contributed by atoms with van der Waals surface area (Å²) in [6, 6.07) is 0. The van der Waals surface area contributed by atoms with Crippen molar-refractivity contribution in [3.8, 4) is 0 Å². The van der Waals surface area contributed by atoms with Crippen molar-refractivity contribution in [2.45, 2.75) is 45.1 Å². The van der Waals surface area contributed by atoms with Crippen molar-refractivity contribution < 1.29 is 20.3 Å². The van der Waals surface area contributed by atoms with Gasteiger partial charge in [-0.15, -0.1) is 0 Å². The molecule has 6 heteroatoms. The van der Waals surface area contributed by atoms with Crippen LogP contribution in [0.5, 0.6) is 0 Å². The topological polar surface area (TPSA) is 102 Å². The molecule has 1 aliphatic rings. The first kappa shape index (κ1) is 13.9. The fraction of sp³-hybridized carbons (Fsp3) is 0.778. The molecule has 0 radical (unpaired) electrons. The molecule has 0 aromatic rings. The first-order valence-corrected chi connectivity index (χ1v) is 4.78. The van der Waals surface area contributed by atoms with Gasteiger partial charge in [-0.1, -0.05) is 11.6 Å². The molecule has 0 aliphatic heterocycles. The number of rotatable bonds is 1. The molecule has 0 spiro atoms. The highest BCUT2D eigenvalue weighted by Gasteiger charge is 2.32. The van der Waals surface area contributed by atoms with Crippen LogP contribution in [-0.4, -0.2) is 32.7 Å². The van der Waals surface area contributed by atoms with Gasteiger partial charge in [0.2, 0.25) is 0 Å². The van der Waals surface area contributed by atoms with Crippen LogP contribution in [0.15, 0.2) is 5.16 Å². The first-order valence-electron chi connectivity index (χ1n) is 4.78. The van der Waals surface area contributed by atoms with E-state index in [0.717, 1.165) is 32.6 Å². The van der Waals surface area contributed by atoms with E-state index in [0.29, 0.717) is 5.71 Å². The van der Waals surface area contributed by atoms with Gasteiger partial charge in [0.15, 0.2) is 0 Å². The Balaban J connectivity index is 0.000000423. The summed E-state index contributed by atoms with van der Waals surface area (Å²) in [5.41, 5.74) is 2.33. The van der Waals surface area contributed by atoms with E-state index in [9.17, 15) is 0 Å². The fourth-order valence-corrected chi connectivity index (χ4v) is 1.47. The molecule has 0 saturated heterocycles. The van der Waals surface area contributed by atoms with Crippen LogP contribution in [0.3, 0.4) is 0 Å². The molecule has 0 bridgehead atoms. The number of carboxylic acids is 1. The Morgan fingerprint density at radius 3 is 2.40 bits per heavy atom. The lowest BCUT2D eigenvalue weighted by atomic mass is 9.82. The second-order valence-electron chi connectivity index (χ2n) is 3.72. The molecule has 0 heterocycles. The van der Waals surface area contributed by atoms with E-state index in [4.69, 9.17) is 20.3 Å². The number of carbonyl (C=O) groups is 1. The predicted octanol–water partition coefficient (Wildman–Crippen LogP) is 1.22. The highest BCUT2D eigenvalue weighted by atomic mass is 16.5. The maximum Gasteiger partial charge on any atom is 0.300 e. The van der Waals surface area contributed by atoms with Crippen molar-refractivity contribution >= 4 is 11.7 Å². The molecule has 1 saturated carbocycles. The minimum atomic E-state index is -0.833. The number of oxime groups is 1. The molecular formula is C9H18N2O4. The summed E-state index contributed by atoms with van der Waals surface area (Å²) in [6.45, 7) is 2.92. The first-order chi connectivity index (χ1) is 6.96. The van der Waals surface area contributed by atoms with E-state index in [2.05, 4.69) is 10.6 Å². The molecule has 15 heavy (non-hydrogen) atoms. The number of nitrogens with one attached hydrogen (secondary N) is 1. The molecule has 1 atom stereocenters. The van der Waals surface area contributed by atoms with E-state index in [1.807, 2.05) is 6.92 Å². The summed E-state index contributed by atoms with van der Waals surface area (Å²) in [4.78, 5) is 9.00. The molecule has 0 amide bonds. The number of hydrogen-bond donors (Lipinski definition) is 4. The number of hydrogen-bond acceptors (Lipinski definition) is 5. The van der Waals surface area contributed by atoms with Gasteiger partial charge in [-0.05, 0) is 26.2 Å². The minimum absolute atomic E-state index is 0.507. The Bertz CT molecular complexity index is 238. The van der Waals surface area contributed by atoms with Crippen LogP contribution < -0.4 is 5.48 Å². The van der Waals surface area contributed by atoms with Crippen molar-refractivity contribution in [3.63, 3.8) is 0 Å². The lowest BCUT2D eigenvalue weighted by Gasteiger charge is -2.32. The number of aliphatic carboxylic acids is 1. The zero-order valence-electron chi connectivity index (χ0n) is 9.03. The van der Waals surface area contributed by atoms with Gasteiger partial charge in [0.05, 0.1) is 11.3 Å². The zero-order chi connectivity index (χ0) is 11.9. The van der Waals surface area contributed by atoms with Crippen molar-refractivity contribution in [3.05, 3.63) is 0 Å². The molecular weight excluding hydrogens is 200 g/mol. The maximum atomic E-state index is 9.00. The molecule has 1 rings (SSSR count). The Labute approximate surface area is 88.6 Å². The largest absolute Gasteiger partial charge is 0.481 e. The highest BCUT2D eigenvalue weighted by Crippen LogP contribution is 2.24. The second kappa shape index (κ2) is 6.36. The summed E-state index contributed by atoms with van der Waals surface area (Å²) in [5, 5.41) is 28.0. The van der Waals surface area contributed by atoms with Gasteiger partial charge in [-0.3, -0.25) is 4.79 Å². The van der Waals surface area contributed by atoms with E-state index in [1.54, 1.807) is 0 Å². The molecule has 88 valence electrons. The summed E-state index contributed by atoms with van der Waals surface area (Å²) in [5.74, 6) is -0.833. The van der Waals surface area contributed by atoms with Crippen LogP contribution in [-0.2, 0) is 4.79 Å². The molecule has 6 nitrogen and oxygen atoms in total. The summed E-state index contributed by atoms with van der Waals surface area (Å²) in [7, 11) is 0. The third kappa shape index (κ3) is 4.75. The average Bonchev–Trinajstić information content (AvgIpc) is 2.18. The van der Waals surface area contributed by atoms with E-state index < -0.39 is 11.5 Å². The summed E-state index contributed by atoms with van der Waals surface area (Å²) in [6.07, 6.45) is 3.68. The average molecular weight is 218 g/mol. The van der Waals surface area contributed by atoms with Crippen molar-refractivity contribution in [2.75, 3.05) is 0 Å². The van der Waals surface area contributed by atoms with E-state index in [1.165, 1.54) is 0 Å². The maximum absolute atomic E-state index is 9.00. The van der Waals surface area contributed by atoms with Crippen LogP contribution in [0.25, 0.3) is 0 Å². The van der Waals surface area contributed by atoms with Gasteiger partial charge >= 0.3 is 0 Å². The normalized spacial score (nSPS) is 28.1. The second-order valence-corrected chi connectivity index (χ2v) is 3.72. The SMILES string of the molecule is CC(=O)O.CC1(NO)CCCCC1=NO. The Hall–Kier alpha value is -1.14. The van der Waals surface area contributed by atoms with Crippen molar-refractivity contribution in [2.24, 2.45) is 5.16 Å². The summed E-state index contributed by atoms with van der Waals surface area (Å²) < 4.78 is 0. The van der Waals surface area contributed by atoms with E-state index in [-0.39, 0.29) is 0 Å². The Morgan fingerprint density at radius 2 is 2.07 bits per heavy atom. The van der Waals surface area contributed by atoms with Crippen molar-refractivity contribution in [1.82, 2.24) is 5.48 Å². The number of nitrogens with zero attached hydrogens (tertiary/aromatic N) is 1. The number of hydroxylamine groups is 1. The van der Waals surface area contributed by atoms with Crippen LogP contribution in [0.1, 0.15) is 39.5 Å². The lowest BCUT2D eigenvalue weighted by Crippen LogP contribution is -2.49. The number of carboxylic acid groups (broad SMARTS) is 1. The van der Waals surface area contributed by atoms with Gasteiger partial charge in [0.1, 0.15) is 0 Å². The zero-order valence-corrected chi connectivity index (χ0v) is 9.03. The van der Waals surface area contributed by atoms with Gasteiger partial charge < -0.3 is 15.5 Å². The molecule has 0 aromatic carbocycles. The highest BCUT2D eigenvalue weighted by molar-refractivity contribution is 5.93. The van der Waals surface area contributed by atoms with Gasteiger partial charge in [0, 0.05) is 6.92 Å². The minimum Gasteiger partial charge on any atom is -0.481 e. The van der Waals surface area contributed by atoms with Gasteiger partial charge in [-0.25, -0.2) is 0 Å². The molecule has 1 unspecified atom stereocenters.